The fourth-order valence-electron chi connectivity index (χ4n) is 4.21. The number of hydrogen-bond donors (Lipinski definition) is 1. The summed E-state index contributed by atoms with van der Waals surface area (Å²) in [5.41, 5.74) is 6.41. The van der Waals surface area contributed by atoms with Gasteiger partial charge in [0, 0.05) is 11.6 Å². The van der Waals surface area contributed by atoms with Crippen LogP contribution >= 0.6 is 23.2 Å². The van der Waals surface area contributed by atoms with E-state index in [1.54, 1.807) is 0 Å². The third-order valence-corrected chi connectivity index (χ3v) is 5.97. The van der Waals surface area contributed by atoms with E-state index in [1.807, 2.05) is 12.1 Å². The zero-order valence-corrected chi connectivity index (χ0v) is 14.7. The molecule has 0 bridgehead atoms. The van der Waals surface area contributed by atoms with Gasteiger partial charge in [-0.3, -0.25) is 0 Å². The number of rotatable bonds is 1. The zero-order valence-electron chi connectivity index (χ0n) is 13.2. The number of aryl methyl sites for hydroxylation is 2. The quantitative estimate of drug-likeness (QED) is 0.587. The van der Waals surface area contributed by atoms with Gasteiger partial charge >= 0.3 is 0 Å². The summed E-state index contributed by atoms with van der Waals surface area (Å²) in [7, 11) is 0. The second-order valence-electron chi connectivity index (χ2n) is 6.66. The minimum Gasteiger partial charge on any atom is -0.378 e. The van der Waals surface area contributed by atoms with Crippen LogP contribution in [0.25, 0.3) is 0 Å². The van der Waals surface area contributed by atoms with Crippen LogP contribution in [0.15, 0.2) is 42.5 Å². The molecule has 2 aromatic rings. The number of benzene rings is 2. The Hall–Kier alpha value is -1.44. The Morgan fingerprint density at radius 3 is 2.78 bits per heavy atom. The Kier molecular flexibility index (Phi) is 3.66. The van der Waals surface area contributed by atoms with Crippen LogP contribution in [0, 0.1) is 19.8 Å². The molecule has 1 aliphatic carbocycles. The Morgan fingerprint density at radius 1 is 1.13 bits per heavy atom. The topological polar surface area (TPSA) is 12.0 Å². The molecule has 1 nitrogen and oxygen atoms in total. The highest BCUT2D eigenvalue weighted by Gasteiger charge is 2.39. The summed E-state index contributed by atoms with van der Waals surface area (Å²) in [6, 6.07) is 10.6. The lowest BCUT2D eigenvalue weighted by Crippen LogP contribution is -2.30. The van der Waals surface area contributed by atoms with Gasteiger partial charge in [-0.05, 0) is 60.6 Å². The molecule has 0 saturated heterocycles. The van der Waals surface area contributed by atoms with Crippen molar-refractivity contribution in [1.29, 1.82) is 0 Å². The van der Waals surface area contributed by atoms with E-state index in [4.69, 9.17) is 23.2 Å². The molecule has 1 N–H and O–H groups in total. The van der Waals surface area contributed by atoms with E-state index in [0.717, 1.165) is 12.0 Å². The van der Waals surface area contributed by atoms with Crippen LogP contribution in [0.1, 0.15) is 40.6 Å². The first-order valence-corrected chi connectivity index (χ1v) is 8.80. The maximum Gasteiger partial charge on any atom is 0.0645 e. The molecule has 1 aliphatic heterocycles. The van der Waals surface area contributed by atoms with Crippen molar-refractivity contribution >= 4 is 28.9 Å². The highest BCUT2D eigenvalue weighted by Crippen LogP contribution is 2.52. The summed E-state index contributed by atoms with van der Waals surface area (Å²) >= 11 is 12.8. The maximum absolute atomic E-state index is 6.51. The number of allylic oxidation sites excluding steroid dienone is 2. The lowest BCUT2D eigenvalue weighted by Gasteiger charge is -2.39. The Morgan fingerprint density at radius 2 is 1.96 bits per heavy atom. The molecule has 3 heteroatoms. The molecule has 0 radical (unpaired) electrons. The monoisotopic (exact) mass is 343 g/mol. The minimum absolute atomic E-state index is 0.190. The van der Waals surface area contributed by atoms with Gasteiger partial charge in [-0.2, -0.15) is 0 Å². The van der Waals surface area contributed by atoms with Gasteiger partial charge in [0.2, 0.25) is 0 Å². The van der Waals surface area contributed by atoms with Crippen LogP contribution in [-0.4, -0.2) is 0 Å². The van der Waals surface area contributed by atoms with Crippen molar-refractivity contribution in [2.24, 2.45) is 5.92 Å². The average molecular weight is 344 g/mol. The van der Waals surface area contributed by atoms with Crippen molar-refractivity contribution in [3.8, 4) is 0 Å². The molecule has 4 rings (SSSR count). The van der Waals surface area contributed by atoms with E-state index in [9.17, 15) is 0 Å². The predicted molar refractivity (Wildman–Crippen MR) is 98.7 cm³/mol. The molecule has 0 amide bonds. The molecule has 0 spiro atoms. The summed E-state index contributed by atoms with van der Waals surface area (Å²) in [6.45, 7) is 4.36. The van der Waals surface area contributed by atoms with E-state index in [2.05, 4.69) is 49.5 Å². The van der Waals surface area contributed by atoms with Gasteiger partial charge < -0.3 is 5.32 Å². The smallest absolute Gasteiger partial charge is 0.0645 e. The van der Waals surface area contributed by atoms with Crippen LogP contribution in [0.3, 0.4) is 0 Å². The van der Waals surface area contributed by atoms with Crippen molar-refractivity contribution in [1.82, 2.24) is 0 Å². The fourth-order valence-corrected chi connectivity index (χ4v) is 4.64. The van der Waals surface area contributed by atoms with Gasteiger partial charge in [0.15, 0.2) is 0 Å². The average Bonchev–Trinajstić information content (AvgIpc) is 2.98. The van der Waals surface area contributed by atoms with E-state index < -0.39 is 0 Å². The lowest BCUT2D eigenvalue weighted by atomic mass is 9.75. The Balaban J connectivity index is 1.86. The SMILES string of the molecule is Cc1cc(C)c2c(c1)N[C@H](c1cccc(Cl)c1Cl)[C@H]1CC=C[C@H]21. The predicted octanol–water partition coefficient (Wildman–Crippen LogP) is 6.44. The molecule has 2 aromatic carbocycles. The molecule has 0 saturated carbocycles. The summed E-state index contributed by atoms with van der Waals surface area (Å²) in [4.78, 5) is 0. The van der Waals surface area contributed by atoms with Gasteiger partial charge in [-0.1, -0.05) is 53.6 Å². The third kappa shape index (κ3) is 2.38. The second kappa shape index (κ2) is 5.58. The van der Waals surface area contributed by atoms with E-state index in [0.29, 0.717) is 21.9 Å². The fraction of sp³-hybridized carbons (Fsp3) is 0.300. The minimum atomic E-state index is 0.190. The molecule has 118 valence electrons. The summed E-state index contributed by atoms with van der Waals surface area (Å²) in [5, 5.41) is 5.05. The number of anilines is 1. The van der Waals surface area contributed by atoms with Gasteiger partial charge in [0.25, 0.3) is 0 Å². The lowest BCUT2D eigenvalue weighted by molar-refractivity contribution is 0.424. The van der Waals surface area contributed by atoms with Crippen LogP contribution in [0.5, 0.6) is 0 Å². The molecule has 2 aliphatic rings. The third-order valence-electron chi connectivity index (χ3n) is 5.13. The van der Waals surface area contributed by atoms with E-state index >= 15 is 0 Å². The standard InChI is InChI=1S/C20H19Cl2N/c1-11-9-12(2)18-13-5-3-6-14(13)20(23-17(18)10-11)15-7-4-8-16(21)19(15)22/h3-5,7-10,13-14,20,23H,6H2,1-2H3/t13-,14-,20-/m0/s1. The van der Waals surface area contributed by atoms with Crippen LogP contribution in [-0.2, 0) is 0 Å². The zero-order chi connectivity index (χ0) is 16.1. The van der Waals surface area contributed by atoms with Crippen molar-refractivity contribution in [3.63, 3.8) is 0 Å². The van der Waals surface area contributed by atoms with Crippen molar-refractivity contribution < 1.29 is 0 Å². The van der Waals surface area contributed by atoms with Gasteiger partial charge in [0.05, 0.1) is 16.1 Å². The van der Waals surface area contributed by atoms with E-state index in [1.165, 1.54) is 22.4 Å². The van der Waals surface area contributed by atoms with Gasteiger partial charge in [-0.15, -0.1) is 0 Å². The Labute approximate surface area is 147 Å². The number of nitrogens with one attached hydrogen (secondary N) is 1. The van der Waals surface area contributed by atoms with Gasteiger partial charge in [-0.25, -0.2) is 0 Å². The number of hydrogen-bond acceptors (Lipinski definition) is 1. The molecule has 3 atom stereocenters. The number of fused-ring (bicyclic) bond motifs is 3. The highest BCUT2D eigenvalue weighted by atomic mass is 35.5. The molecular formula is C20H19Cl2N. The van der Waals surface area contributed by atoms with Crippen LogP contribution < -0.4 is 5.32 Å². The van der Waals surface area contributed by atoms with Crippen LogP contribution in [0.4, 0.5) is 5.69 Å². The summed E-state index contributed by atoms with van der Waals surface area (Å²) < 4.78 is 0. The first-order chi connectivity index (χ1) is 11.1. The first-order valence-electron chi connectivity index (χ1n) is 8.04. The van der Waals surface area contributed by atoms with Gasteiger partial charge in [0.1, 0.15) is 0 Å². The normalized spacial score (nSPS) is 25.0. The molecule has 23 heavy (non-hydrogen) atoms. The molecule has 0 fully saturated rings. The molecular weight excluding hydrogens is 325 g/mol. The Bertz CT molecular complexity index is 810. The van der Waals surface area contributed by atoms with Crippen molar-refractivity contribution in [2.45, 2.75) is 32.2 Å². The highest BCUT2D eigenvalue weighted by molar-refractivity contribution is 6.42. The second-order valence-corrected chi connectivity index (χ2v) is 7.45. The summed E-state index contributed by atoms with van der Waals surface area (Å²) in [5.74, 6) is 0.937. The van der Waals surface area contributed by atoms with Crippen molar-refractivity contribution in [3.05, 3.63) is 74.8 Å². The maximum atomic E-state index is 6.51. The summed E-state index contributed by atoms with van der Waals surface area (Å²) in [6.07, 6.45) is 5.73. The van der Waals surface area contributed by atoms with Crippen LogP contribution in [0.2, 0.25) is 10.0 Å². The first kappa shape index (κ1) is 15.1. The molecule has 0 unspecified atom stereocenters. The van der Waals surface area contributed by atoms with Crippen molar-refractivity contribution in [2.75, 3.05) is 5.32 Å². The van der Waals surface area contributed by atoms with E-state index in [-0.39, 0.29) is 6.04 Å². The molecule has 0 aromatic heterocycles. The largest absolute Gasteiger partial charge is 0.378 e. The number of halogens is 2. The molecule has 1 heterocycles.